The lowest BCUT2D eigenvalue weighted by Crippen LogP contribution is -2.26. The molecule has 2 aromatic heterocycles. The van der Waals surface area contributed by atoms with Gasteiger partial charge in [-0.1, -0.05) is 17.7 Å². The largest absolute Gasteiger partial charge is 0.350 e. The van der Waals surface area contributed by atoms with Gasteiger partial charge in [0.25, 0.3) is 5.91 Å². The van der Waals surface area contributed by atoms with Crippen LogP contribution in [0, 0.1) is 0 Å². The van der Waals surface area contributed by atoms with Crippen molar-refractivity contribution < 1.29 is 4.79 Å². The van der Waals surface area contributed by atoms with Gasteiger partial charge in [0.15, 0.2) is 10.8 Å². The predicted octanol–water partition coefficient (Wildman–Crippen LogP) is 1.50. The number of aromatic nitrogens is 3. The Balaban J connectivity index is 1.84. The molecule has 0 bridgehead atoms. The summed E-state index contributed by atoms with van der Waals surface area (Å²) in [6.45, 7) is 0.500. The summed E-state index contributed by atoms with van der Waals surface area (Å²) >= 11 is 5.59. The van der Waals surface area contributed by atoms with E-state index in [0.717, 1.165) is 5.69 Å². The molecule has 2 rings (SSSR count). The van der Waals surface area contributed by atoms with Crippen LogP contribution in [0.1, 0.15) is 16.2 Å². The van der Waals surface area contributed by atoms with Gasteiger partial charge in [-0.3, -0.25) is 9.78 Å². The maximum absolute atomic E-state index is 11.7. The topological polar surface area (TPSA) is 67.8 Å². The highest BCUT2D eigenvalue weighted by Crippen LogP contribution is 2.02. The molecule has 0 aliphatic carbocycles. The van der Waals surface area contributed by atoms with Crippen molar-refractivity contribution in [3.8, 4) is 0 Å². The molecule has 1 N–H and O–H groups in total. The fourth-order valence-electron chi connectivity index (χ4n) is 1.38. The number of rotatable bonds is 4. The monoisotopic (exact) mass is 262 g/mol. The molecule has 0 atom stereocenters. The number of hydrogen-bond acceptors (Lipinski definition) is 4. The number of nitrogens with zero attached hydrogens (tertiary/aromatic N) is 3. The Morgan fingerprint density at radius 1 is 1.22 bits per heavy atom. The van der Waals surface area contributed by atoms with E-state index in [2.05, 4.69) is 20.5 Å². The Morgan fingerprint density at radius 3 is 2.78 bits per heavy atom. The normalized spacial score (nSPS) is 10.1. The minimum Gasteiger partial charge on any atom is -0.350 e. The minimum atomic E-state index is -0.268. The van der Waals surface area contributed by atoms with E-state index < -0.39 is 0 Å². The van der Waals surface area contributed by atoms with Crippen LogP contribution >= 0.6 is 11.6 Å². The zero-order valence-corrected chi connectivity index (χ0v) is 10.3. The lowest BCUT2D eigenvalue weighted by Gasteiger charge is -2.03. The zero-order chi connectivity index (χ0) is 12.8. The Labute approximate surface area is 109 Å². The van der Waals surface area contributed by atoms with Crippen LogP contribution in [-0.2, 0) is 6.42 Å². The molecule has 5 nitrogen and oxygen atoms in total. The highest BCUT2D eigenvalue weighted by molar-refractivity contribution is 6.29. The van der Waals surface area contributed by atoms with E-state index in [4.69, 9.17) is 11.6 Å². The van der Waals surface area contributed by atoms with E-state index >= 15 is 0 Å². The molecule has 6 heteroatoms. The molecule has 2 aromatic rings. The van der Waals surface area contributed by atoms with Crippen LogP contribution in [0.2, 0.25) is 5.15 Å². The van der Waals surface area contributed by atoms with Gasteiger partial charge >= 0.3 is 0 Å². The summed E-state index contributed by atoms with van der Waals surface area (Å²) in [5.74, 6) is -0.268. The molecule has 0 radical (unpaired) electrons. The Hall–Kier alpha value is -2.01. The molecule has 0 aliphatic heterocycles. The van der Waals surface area contributed by atoms with Crippen molar-refractivity contribution in [1.82, 2.24) is 20.5 Å². The second kappa shape index (κ2) is 6.07. The van der Waals surface area contributed by atoms with Gasteiger partial charge in [0.05, 0.1) is 0 Å². The Bertz CT molecular complexity index is 515. The average Bonchev–Trinajstić information content (AvgIpc) is 2.40. The summed E-state index contributed by atoms with van der Waals surface area (Å²) in [6, 6.07) is 8.74. The number of amides is 1. The maximum Gasteiger partial charge on any atom is 0.271 e. The first kappa shape index (κ1) is 12.4. The molecule has 1 amide bonds. The molecule has 18 heavy (non-hydrogen) atoms. The summed E-state index contributed by atoms with van der Waals surface area (Å²) in [7, 11) is 0. The predicted molar refractivity (Wildman–Crippen MR) is 67.3 cm³/mol. The molecule has 0 spiro atoms. The van der Waals surface area contributed by atoms with Gasteiger partial charge in [0, 0.05) is 24.9 Å². The first-order valence-electron chi connectivity index (χ1n) is 5.43. The van der Waals surface area contributed by atoms with E-state index in [-0.39, 0.29) is 16.8 Å². The number of nitrogens with one attached hydrogen (secondary N) is 1. The van der Waals surface area contributed by atoms with Crippen LogP contribution in [-0.4, -0.2) is 27.6 Å². The van der Waals surface area contributed by atoms with E-state index in [0.29, 0.717) is 13.0 Å². The van der Waals surface area contributed by atoms with Crippen LogP contribution < -0.4 is 5.32 Å². The van der Waals surface area contributed by atoms with Crippen LogP contribution in [0.15, 0.2) is 36.5 Å². The van der Waals surface area contributed by atoms with Gasteiger partial charge in [0.2, 0.25) is 0 Å². The molecule has 0 saturated carbocycles. The number of pyridine rings is 1. The molecule has 0 saturated heterocycles. The van der Waals surface area contributed by atoms with Crippen molar-refractivity contribution >= 4 is 17.5 Å². The van der Waals surface area contributed by atoms with E-state index in [1.165, 1.54) is 12.1 Å². The van der Waals surface area contributed by atoms with Crippen molar-refractivity contribution in [2.45, 2.75) is 6.42 Å². The second-order valence-electron chi connectivity index (χ2n) is 3.57. The van der Waals surface area contributed by atoms with Gasteiger partial charge < -0.3 is 5.32 Å². The number of hydrogen-bond donors (Lipinski definition) is 1. The van der Waals surface area contributed by atoms with E-state index in [1.807, 2.05) is 18.2 Å². The van der Waals surface area contributed by atoms with Gasteiger partial charge in [-0.25, -0.2) is 0 Å². The minimum absolute atomic E-state index is 0.250. The summed E-state index contributed by atoms with van der Waals surface area (Å²) in [5, 5.41) is 10.3. The molecule has 2 heterocycles. The van der Waals surface area contributed by atoms with Gasteiger partial charge in [-0.15, -0.1) is 10.2 Å². The zero-order valence-electron chi connectivity index (χ0n) is 9.51. The van der Waals surface area contributed by atoms with Gasteiger partial charge in [-0.05, 0) is 24.3 Å². The fourth-order valence-corrected chi connectivity index (χ4v) is 1.48. The maximum atomic E-state index is 11.7. The SMILES string of the molecule is O=C(NCCc1ccccn1)c1ccc(Cl)nn1. The van der Waals surface area contributed by atoms with Crippen molar-refractivity contribution in [3.05, 3.63) is 53.1 Å². The number of carbonyl (C=O) groups is 1. The molecule has 0 aromatic carbocycles. The lowest BCUT2D eigenvalue weighted by atomic mass is 10.2. The third-order valence-electron chi connectivity index (χ3n) is 2.26. The first-order valence-corrected chi connectivity index (χ1v) is 5.81. The van der Waals surface area contributed by atoms with Gasteiger partial charge in [-0.2, -0.15) is 0 Å². The molecular weight excluding hydrogens is 252 g/mol. The summed E-state index contributed by atoms with van der Waals surface area (Å²) < 4.78 is 0. The molecular formula is C12H11ClN4O. The van der Waals surface area contributed by atoms with Crippen molar-refractivity contribution in [3.63, 3.8) is 0 Å². The standard InChI is InChI=1S/C12H11ClN4O/c13-11-5-4-10(16-17-11)12(18)15-8-6-9-3-1-2-7-14-9/h1-5,7H,6,8H2,(H,15,18). The van der Waals surface area contributed by atoms with Crippen LogP contribution in [0.25, 0.3) is 0 Å². The highest BCUT2D eigenvalue weighted by Gasteiger charge is 2.06. The fraction of sp³-hybridized carbons (Fsp3) is 0.167. The van der Waals surface area contributed by atoms with Crippen molar-refractivity contribution in [1.29, 1.82) is 0 Å². The van der Waals surface area contributed by atoms with Crippen molar-refractivity contribution in [2.24, 2.45) is 0 Å². The highest BCUT2D eigenvalue weighted by atomic mass is 35.5. The Kier molecular flexibility index (Phi) is 4.20. The van der Waals surface area contributed by atoms with E-state index in [9.17, 15) is 4.79 Å². The molecule has 92 valence electrons. The van der Waals surface area contributed by atoms with Crippen molar-refractivity contribution in [2.75, 3.05) is 6.54 Å². The summed E-state index contributed by atoms with van der Waals surface area (Å²) in [4.78, 5) is 15.8. The third kappa shape index (κ3) is 3.49. The summed E-state index contributed by atoms with van der Waals surface area (Å²) in [5.41, 5.74) is 1.18. The second-order valence-corrected chi connectivity index (χ2v) is 3.96. The number of halogens is 1. The lowest BCUT2D eigenvalue weighted by molar-refractivity contribution is 0.0948. The Morgan fingerprint density at radius 2 is 2.11 bits per heavy atom. The van der Waals surface area contributed by atoms with E-state index in [1.54, 1.807) is 6.20 Å². The molecule has 0 fully saturated rings. The molecule has 0 unspecified atom stereocenters. The van der Waals surface area contributed by atoms with Gasteiger partial charge in [0.1, 0.15) is 0 Å². The van der Waals surface area contributed by atoms with Crippen LogP contribution in [0.3, 0.4) is 0 Å². The number of carbonyl (C=O) groups excluding carboxylic acids is 1. The third-order valence-corrected chi connectivity index (χ3v) is 2.46. The first-order chi connectivity index (χ1) is 8.75. The smallest absolute Gasteiger partial charge is 0.271 e. The quantitative estimate of drug-likeness (QED) is 0.907. The average molecular weight is 263 g/mol. The van der Waals surface area contributed by atoms with Crippen LogP contribution in [0.5, 0.6) is 0 Å². The molecule has 0 aliphatic rings. The summed E-state index contributed by atoms with van der Waals surface area (Å²) in [6.07, 6.45) is 2.40. The van der Waals surface area contributed by atoms with Crippen LogP contribution in [0.4, 0.5) is 0 Å².